The molecule has 2 aromatic heterocycles. The molecule has 1 aromatic carbocycles. The van der Waals surface area contributed by atoms with Crippen molar-refractivity contribution in [2.24, 2.45) is 7.05 Å². The SMILES string of the molecule is Cc1nn(C)c(C)c1NC(=O)CNC(=O)CCc1nc2ccccc2s1. The second-order valence-electron chi connectivity index (χ2n) is 6.07. The molecule has 0 aliphatic rings. The number of nitrogens with one attached hydrogen (secondary N) is 2. The Morgan fingerprint density at radius 2 is 1.96 bits per heavy atom. The first-order valence-electron chi connectivity index (χ1n) is 8.35. The molecule has 2 N–H and O–H groups in total. The summed E-state index contributed by atoms with van der Waals surface area (Å²) in [4.78, 5) is 28.6. The second-order valence-corrected chi connectivity index (χ2v) is 7.18. The van der Waals surface area contributed by atoms with Crippen LogP contribution in [0.1, 0.15) is 22.8 Å². The second kappa shape index (κ2) is 7.65. The topological polar surface area (TPSA) is 88.9 Å². The van der Waals surface area contributed by atoms with Crippen LogP contribution in [-0.2, 0) is 23.1 Å². The monoisotopic (exact) mass is 371 g/mol. The van der Waals surface area contributed by atoms with Crippen LogP contribution < -0.4 is 10.6 Å². The maximum absolute atomic E-state index is 12.0. The van der Waals surface area contributed by atoms with Gasteiger partial charge in [0.15, 0.2) is 0 Å². The van der Waals surface area contributed by atoms with Gasteiger partial charge in [0, 0.05) is 19.9 Å². The highest BCUT2D eigenvalue weighted by molar-refractivity contribution is 7.18. The number of amides is 2. The average Bonchev–Trinajstić information content (AvgIpc) is 3.14. The van der Waals surface area contributed by atoms with E-state index in [-0.39, 0.29) is 18.4 Å². The van der Waals surface area contributed by atoms with E-state index in [1.54, 1.807) is 16.0 Å². The van der Waals surface area contributed by atoms with Crippen LogP contribution in [0, 0.1) is 13.8 Å². The molecular weight excluding hydrogens is 350 g/mol. The Hall–Kier alpha value is -2.74. The summed E-state index contributed by atoms with van der Waals surface area (Å²) in [5, 5.41) is 10.6. The van der Waals surface area contributed by atoms with Crippen molar-refractivity contribution in [3.63, 3.8) is 0 Å². The highest BCUT2D eigenvalue weighted by atomic mass is 32.1. The maximum atomic E-state index is 12.0. The molecule has 0 aliphatic heterocycles. The molecule has 2 heterocycles. The van der Waals surface area contributed by atoms with E-state index in [1.807, 2.05) is 45.2 Å². The number of rotatable bonds is 6. The Kier molecular flexibility index (Phi) is 5.32. The fourth-order valence-corrected chi connectivity index (χ4v) is 3.62. The van der Waals surface area contributed by atoms with Crippen LogP contribution in [0.15, 0.2) is 24.3 Å². The van der Waals surface area contributed by atoms with E-state index in [9.17, 15) is 9.59 Å². The fraction of sp³-hybridized carbons (Fsp3) is 0.333. The minimum absolute atomic E-state index is 0.0630. The molecule has 0 radical (unpaired) electrons. The normalized spacial score (nSPS) is 10.9. The molecule has 0 spiro atoms. The number of carbonyl (C=O) groups excluding carboxylic acids is 2. The third kappa shape index (κ3) is 4.08. The Bertz CT molecular complexity index is 927. The molecule has 3 rings (SSSR count). The first kappa shape index (κ1) is 18.1. The van der Waals surface area contributed by atoms with Gasteiger partial charge in [0.2, 0.25) is 11.8 Å². The number of aryl methyl sites for hydroxylation is 3. The van der Waals surface area contributed by atoms with Gasteiger partial charge in [0.1, 0.15) is 0 Å². The molecule has 7 nitrogen and oxygen atoms in total. The van der Waals surface area contributed by atoms with Crippen molar-refractivity contribution in [2.45, 2.75) is 26.7 Å². The molecule has 136 valence electrons. The fourth-order valence-electron chi connectivity index (χ4n) is 2.65. The number of para-hydroxylation sites is 1. The van der Waals surface area contributed by atoms with Crippen molar-refractivity contribution in [3.8, 4) is 0 Å². The van der Waals surface area contributed by atoms with Crippen LogP contribution in [0.25, 0.3) is 10.2 Å². The summed E-state index contributed by atoms with van der Waals surface area (Å²) in [6.07, 6.45) is 0.867. The minimum atomic E-state index is -0.266. The lowest BCUT2D eigenvalue weighted by molar-refractivity contribution is -0.124. The molecule has 0 atom stereocenters. The predicted molar refractivity (Wildman–Crippen MR) is 102 cm³/mol. The van der Waals surface area contributed by atoms with Crippen molar-refractivity contribution >= 4 is 39.1 Å². The lowest BCUT2D eigenvalue weighted by Crippen LogP contribution is -2.33. The van der Waals surface area contributed by atoms with Gasteiger partial charge < -0.3 is 10.6 Å². The summed E-state index contributed by atoms with van der Waals surface area (Å²) in [5.41, 5.74) is 3.27. The van der Waals surface area contributed by atoms with E-state index in [0.29, 0.717) is 18.5 Å². The third-order valence-electron chi connectivity index (χ3n) is 4.12. The highest BCUT2D eigenvalue weighted by Gasteiger charge is 2.13. The number of fused-ring (bicyclic) bond motifs is 1. The summed E-state index contributed by atoms with van der Waals surface area (Å²) >= 11 is 1.59. The minimum Gasteiger partial charge on any atom is -0.347 e. The van der Waals surface area contributed by atoms with E-state index >= 15 is 0 Å². The number of hydrogen-bond donors (Lipinski definition) is 2. The molecule has 26 heavy (non-hydrogen) atoms. The van der Waals surface area contributed by atoms with Gasteiger partial charge in [-0.05, 0) is 26.0 Å². The van der Waals surface area contributed by atoms with Gasteiger partial charge in [0.25, 0.3) is 0 Å². The molecule has 0 saturated carbocycles. The number of benzene rings is 1. The first-order chi connectivity index (χ1) is 12.4. The van der Waals surface area contributed by atoms with Gasteiger partial charge in [-0.2, -0.15) is 5.10 Å². The van der Waals surface area contributed by atoms with E-state index in [2.05, 4.69) is 20.7 Å². The molecule has 0 aliphatic carbocycles. The lowest BCUT2D eigenvalue weighted by Gasteiger charge is -2.07. The van der Waals surface area contributed by atoms with Crippen LogP contribution in [0.3, 0.4) is 0 Å². The molecule has 0 saturated heterocycles. The molecular formula is C18H21N5O2S. The van der Waals surface area contributed by atoms with Crippen LogP contribution in [-0.4, -0.2) is 33.1 Å². The third-order valence-corrected chi connectivity index (χ3v) is 5.22. The molecule has 0 bridgehead atoms. The Labute approximate surface area is 155 Å². The quantitative estimate of drug-likeness (QED) is 0.696. The zero-order valence-corrected chi connectivity index (χ0v) is 15.8. The zero-order chi connectivity index (χ0) is 18.7. The van der Waals surface area contributed by atoms with E-state index < -0.39 is 0 Å². The van der Waals surface area contributed by atoms with E-state index in [4.69, 9.17) is 0 Å². The summed E-state index contributed by atoms with van der Waals surface area (Å²) in [6.45, 7) is 3.65. The van der Waals surface area contributed by atoms with Crippen molar-refractivity contribution in [2.75, 3.05) is 11.9 Å². The van der Waals surface area contributed by atoms with E-state index in [1.165, 1.54) is 0 Å². The number of carbonyl (C=O) groups is 2. The van der Waals surface area contributed by atoms with Gasteiger partial charge in [-0.1, -0.05) is 12.1 Å². The molecule has 8 heteroatoms. The summed E-state index contributed by atoms with van der Waals surface area (Å²) < 4.78 is 2.83. The average molecular weight is 371 g/mol. The number of aromatic nitrogens is 3. The van der Waals surface area contributed by atoms with Crippen molar-refractivity contribution in [3.05, 3.63) is 40.7 Å². The smallest absolute Gasteiger partial charge is 0.243 e. The first-order valence-corrected chi connectivity index (χ1v) is 9.17. The zero-order valence-electron chi connectivity index (χ0n) is 15.0. The standard InChI is InChI=1S/C18H21N5O2S/c1-11-18(12(2)23(3)22-11)21-16(25)10-19-15(24)8-9-17-20-13-6-4-5-7-14(13)26-17/h4-7H,8-10H2,1-3H3,(H,19,24)(H,21,25). The molecule has 0 fully saturated rings. The Morgan fingerprint density at radius 3 is 2.65 bits per heavy atom. The lowest BCUT2D eigenvalue weighted by atomic mass is 10.3. The molecule has 0 unspecified atom stereocenters. The summed E-state index contributed by atoms with van der Waals surface area (Å²) in [6, 6.07) is 7.90. The number of hydrogen-bond acceptors (Lipinski definition) is 5. The van der Waals surface area contributed by atoms with Crippen molar-refractivity contribution in [1.29, 1.82) is 0 Å². The predicted octanol–water partition coefficient (Wildman–Crippen LogP) is 2.33. The Morgan fingerprint density at radius 1 is 1.19 bits per heavy atom. The largest absolute Gasteiger partial charge is 0.347 e. The van der Waals surface area contributed by atoms with Crippen LogP contribution in [0.4, 0.5) is 5.69 Å². The Balaban J connectivity index is 1.47. The van der Waals surface area contributed by atoms with Crippen LogP contribution in [0.2, 0.25) is 0 Å². The van der Waals surface area contributed by atoms with Crippen molar-refractivity contribution < 1.29 is 9.59 Å². The summed E-state index contributed by atoms with van der Waals surface area (Å²) in [5.74, 6) is -0.434. The summed E-state index contributed by atoms with van der Waals surface area (Å²) in [7, 11) is 1.82. The van der Waals surface area contributed by atoms with Gasteiger partial charge in [0.05, 0.1) is 38.8 Å². The highest BCUT2D eigenvalue weighted by Crippen LogP contribution is 2.22. The molecule has 2 amide bonds. The van der Waals surface area contributed by atoms with Crippen molar-refractivity contribution in [1.82, 2.24) is 20.1 Å². The molecule has 3 aromatic rings. The van der Waals surface area contributed by atoms with Gasteiger partial charge in [-0.3, -0.25) is 14.3 Å². The number of nitrogens with zero attached hydrogens (tertiary/aromatic N) is 3. The van der Waals surface area contributed by atoms with E-state index in [0.717, 1.165) is 26.6 Å². The van der Waals surface area contributed by atoms with Crippen LogP contribution >= 0.6 is 11.3 Å². The number of thiazole rings is 1. The maximum Gasteiger partial charge on any atom is 0.243 e. The van der Waals surface area contributed by atoms with Gasteiger partial charge >= 0.3 is 0 Å². The van der Waals surface area contributed by atoms with Crippen LogP contribution in [0.5, 0.6) is 0 Å². The van der Waals surface area contributed by atoms with Gasteiger partial charge in [-0.25, -0.2) is 4.98 Å². The number of anilines is 1. The van der Waals surface area contributed by atoms with Gasteiger partial charge in [-0.15, -0.1) is 11.3 Å².